The van der Waals surface area contributed by atoms with E-state index in [9.17, 15) is 86.5 Å². The van der Waals surface area contributed by atoms with Crippen LogP contribution in [0, 0.1) is 5.92 Å². The maximum Gasteiger partial charge on any atom is 0.212 e. The molecule has 0 saturated carbocycles. The largest absolute Gasteiger partial charge is 0.544 e. The van der Waals surface area contributed by atoms with Gasteiger partial charge in [0.15, 0.2) is 18.9 Å². The van der Waals surface area contributed by atoms with Crippen LogP contribution in [0.5, 0.6) is 0 Å². The van der Waals surface area contributed by atoms with E-state index in [1.54, 1.807) is 0 Å². The second kappa shape index (κ2) is 22.1. The Kier molecular flexibility index (Phi) is 18.4. The Morgan fingerprint density at radius 1 is 0.635 bits per heavy atom. The van der Waals surface area contributed by atoms with Crippen LogP contribution in [0.25, 0.3) is 0 Å². The van der Waals surface area contributed by atoms with Gasteiger partial charge in [-0.3, -0.25) is 0 Å². The monoisotopic (exact) mass is 925 g/mol. The van der Waals surface area contributed by atoms with E-state index in [0.29, 0.717) is 0 Å². The molecule has 63 heavy (non-hydrogen) atoms. The van der Waals surface area contributed by atoms with E-state index in [1.807, 2.05) is 0 Å². The van der Waals surface area contributed by atoms with Gasteiger partial charge in [0, 0.05) is 19.4 Å². The Bertz CT molecular complexity index is 1430. The molecule has 5 aliphatic heterocycles. The lowest BCUT2D eigenvalue weighted by atomic mass is 9.84. The number of aliphatic carboxylic acids is 1. The van der Waals surface area contributed by atoms with E-state index in [1.165, 1.54) is 21.0 Å². The Morgan fingerprint density at radius 3 is 1.63 bits per heavy atom. The molecule has 0 amide bonds. The highest BCUT2D eigenvalue weighted by atomic mass is 16.8. The minimum absolute atomic E-state index is 0.489. The van der Waals surface area contributed by atoms with E-state index in [-0.39, 0.29) is 0 Å². The van der Waals surface area contributed by atoms with Gasteiger partial charge in [0.05, 0.1) is 51.3 Å². The SMILES string of the molecule is COCC1O[C@@H](O[C@@H]2C(O)[C@H](O[C@@H]3C(CO)O[C@@H](C)C(O)[C@H]3O)OC(CO)[C@@H]2O)C(O)[C@@H](O)[C@@H]1O[C@@H]1OC(CO)[C@H](O)[C@H](O[C@]2(C(=O)[O-])C[C@@H](O)[C@@H](C)C(C(O)C(O)CO)O2)C1O. The summed E-state index contributed by atoms with van der Waals surface area (Å²) in [4.78, 5) is 12.6. The molecule has 5 rings (SSSR count). The van der Waals surface area contributed by atoms with Crippen molar-refractivity contribution in [3.8, 4) is 0 Å². The van der Waals surface area contributed by atoms with Crippen LogP contribution in [0.2, 0.25) is 0 Å². The average Bonchev–Trinajstić information content (AvgIpc) is 3.26. The molecular weight excluding hydrogens is 864 g/mol. The van der Waals surface area contributed by atoms with E-state index in [0.717, 1.165) is 0 Å². The van der Waals surface area contributed by atoms with Gasteiger partial charge < -0.3 is 134 Å². The van der Waals surface area contributed by atoms with E-state index < -0.39 is 204 Å². The number of carboxylic acids is 1. The zero-order valence-electron chi connectivity index (χ0n) is 34.3. The summed E-state index contributed by atoms with van der Waals surface area (Å²) in [5.41, 5.74) is 0. The molecule has 15 N–H and O–H groups in total. The predicted molar refractivity (Wildman–Crippen MR) is 192 cm³/mol. The highest BCUT2D eigenvalue weighted by molar-refractivity contribution is 5.73. The third-order valence-corrected chi connectivity index (χ3v) is 12.1. The summed E-state index contributed by atoms with van der Waals surface area (Å²) in [6.07, 6.45) is -44.2. The van der Waals surface area contributed by atoms with Gasteiger partial charge >= 0.3 is 0 Å². The minimum atomic E-state index is -3.07. The first-order valence-corrected chi connectivity index (χ1v) is 20.3. The van der Waals surface area contributed by atoms with Crippen molar-refractivity contribution in [2.45, 2.75) is 173 Å². The first-order valence-electron chi connectivity index (χ1n) is 20.3. The number of hydrogen-bond donors (Lipinski definition) is 15. The van der Waals surface area contributed by atoms with Crippen LogP contribution in [0.3, 0.4) is 0 Å². The van der Waals surface area contributed by atoms with Gasteiger partial charge in [-0.25, -0.2) is 0 Å². The number of rotatable bonds is 17. The van der Waals surface area contributed by atoms with Crippen LogP contribution < -0.4 is 5.11 Å². The molecule has 5 fully saturated rings. The zero-order chi connectivity index (χ0) is 46.8. The highest BCUT2D eigenvalue weighted by Gasteiger charge is 2.58. The molecule has 27 heteroatoms. The quantitative estimate of drug-likeness (QED) is 0.0644. The predicted octanol–water partition coefficient (Wildman–Crippen LogP) is -11.1. The van der Waals surface area contributed by atoms with Crippen molar-refractivity contribution in [2.24, 2.45) is 5.92 Å². The van der Waals surface area contributed by atoms with Crippen molar-refractivity contribution in [2.75, 3.05) is 40.1 Å². The Hall–Kier alpha value is -1.53. The Labute approximate surface area is 358 Å². The van der Waals surface area contributed by atoms with Crippen molar-refractivity contribution >= 4 is 5.97 Å². The fourth-order valence-electron chi connectivity index (χ4n) is 8.26. The lowest BCUT2D eigenvalue weighted by molar-refractivity contribution is -0.415. The molecule has 0 bridgehead atoms. The van der Waals surface area contributed by atoms with E-state index in [2.05, 4.69) is 0 Å². The number of carbonyl (C=O) groups excluding carboxylic acids is 1. The molecule has 0 aliphatic carbocycles. The molecule has 368 valence electrons. The summed E-state index contributed by atoms with van der Waals surface area (Å²) < 4.78 is 56.1. The molecule has 0 aromatic carbocycles. The second-order valence-electron chi connectivity index (χ2n) is 16.3. The van der Waals surface area contributed by atoms with Crippen LogP contribution in [-0.2, 0) is 52.2 Å². The summed E-state index contributed by atoms with van der Waals surface area (Å²) in [5, 5.41) is 172. The maximum atomic E-state index is 12.6. The van der Waals surface area contributed by atoms with Gasteiger partial charge in [-0.2, -0.15) is 0 Å². The number of carboxylic acid groups (broad SMARTS) is 1. The number of aliphatic hydroxyl groups excluding tert-OH is 15. The number of ether oxygens (including phenoxy) is 10. The normalized spacial score (nSPS) is 49.6. The maximum absolute atomic E-state index is 12.6. The molecule has 27 nitrogen and oxygen atoms in total. The van der Waals surface area contributed by atoms with Gasteiger partial charge in [-0.05, 0) is 6.92 Å². The summed E-state index contributed by atoms with van der Waals surface area (Å²) in [6, 6.07) is 0. The summed E-state index contributed by atoms with van der Waals surface area (Å²) in [5.74, 6) is -6.33. The lowest BCUT2D eigenvalue weighted by Crippen LogP contribution is -2.70. The van der Waals surface area contributed by atoms with Crippen molar-refractivity contribution in [3.05, 3.63) is 0 Å². The molecule has 5 aliphatic rings. The third-order valence-electron chi connectivity index (χ3n) is 12.1. The van der Waals surface area contributed by atoms with E-state index in [4.69, 9.17) is 47.4 Å². The zero-order valence-corrected chi connectivity index (χ0v) is 34.3. The average molecular weight is 926 g/mol. The molecule has 0 spiro atoms. The highest BCUT2D eigenvalue weighted by Crippen LogP contribution is 2.40. The van der Waals surface area contributed by atoms with Gasteiger partial charge in [0.1, 0.15) is 116 Å². The number of carbonyl (C=O) groups is 1. The van der Waals surface area contributed by atoms with Crippen molar-refractivity contribution in [1.82, 2.24) is 0 Å². The molecule has 0 aromatic heterocycles. The topological polar surface area (TPSA) is 436 Å². The van der Waals surface area contributed by atoms with Crippen LogP contribution in [0.15, 0.2) is 0 Å². The van der Waals surface area contributed by atoms with Crippen molar-refractivity contribution < 1.29 is 134 Å². The van der Waals surface area contributed by atoms with Gasteiger partial charge in [-0.1, -0.05) is 6.92 Å². The second-order valence-corrected chi connectivity index (χ2v) is 16.3. The van der Waals surface area contributed by atoms with Crippen LogP contribution in [-0.4, -0.2) is 276 Å². The fourth-order valence-corrected chi connectivity index (χ4v) is 8.26. The summed E-state index contributed by atoms with van der Waals surface area (Å²) in [7, 11) is 1.19. The van der Waals surface area contributed by atoms with E-state index >= 15 is 0 Å². The van der Waals surface area contributed by atoms with Gasteiger partial charge in [0.2, 0.25) is 5.79 Å². The van der Waals surface area contributed by atoms with Crippen LogP contribution >= 0.6 is 0 Å². The Balaban J connectivity index is 1.35. The molecule has 0 radical (unpaired) electrons. The molecule has 5 heterocycles. The van der Waals surface area contributed by atoms with Gasteiger partial charge in [0.25, 0.3) is 0 Å². The Morgan fingerprint density at radius 2 is 1.11 bits per heavy atom. The van der Waals surface area contributed by atoms with Crippen molar-refractivity contribution in [1.29, 1.82) is 0 Å². The smallest absolute Gasteiger partial charge is 0.212 e. The molecule has 26 atom stereocenters. The number of methoxy groups -OCH3 is 1. The van der Waals surface area contributed by atoms with Gasteiger partial charge in [-0.15, -0.1) is 0 Å². The molecular formula is C36H61O27-. The van der Waals surface area contributed by atoms with Crippen molar-refractivity contribution in [3.63, 3.8) is 0 Å². The minimum Gasteiger partial charge on any atom is -0.544 e. The third kappa shape index (κ3) is 10.8. The molecule has 0 aromatic rings. The van der Waals surface area contributed by atoms with Crippen LogP contribution in [0.1, 0.15) is 20.3 Å². The summed E-state index contributed by atoms with van der Waals surface area (Å²) >= 11 is 0. The number of hydrogen-bond acceptors (Lipinski definition) is 27. The molecule has 5 saturated heterocycles. The standard InChI is InChI=1S/C36H62O27/c1-10-12(41)4-36(35(52)53,62-27(10)19(44)13(42)5-37)63-31-21(46)15(7-39)57-34(26(31)51)60-29-17(9-54-3)58-32(24(49)23(29)48)61-30-20(45)14(6-38)56-33(25(30)50)59-28-16(8-40)55-11(2)18(43)22(28)47/h10-34,37-51H,4-9H2,1-3H3,(H,52,53)/p-1/t10-,11+,12-,13?,14?,15?,16?,17?,18?,19?,20+,21+,22-,23-,24?,25?,26?,27?,28-,29-,30+,31+,32+,33+,34+,36+/m1/s1. The van der Waals surface area contributed by atoms with Crippen LogP contribution in [0.4, 0.5) is 0 Å². The first kappa shape index (κ1) is 52.4. The fraction of sp³-hybridized carbons (Fsp3) is 0.972. The summed E-state index contributed by atoms with van der Waals surface area (Å²) in [6.45, 7) is -1.37. The molecule has 11 unspecified atom stereocenters. The first-order chi connectivity index (χ1) is 29.7. The number of aliphatic hydroxyl groups is 15. The lowest BCUT2D eigenvalue weighted by Gasteiger charge is -2.52.